The van der Waals surface area contributed by atoms with E-state index >= 15 is 0 Å². The highest BCUT2D eigenvalue weighted by Crippen LogP contribution is 2.29. The van der Waals surface area contributed by atoms with Crippen LogP contribution in [0.4, 0.5) is 0 Å². The van der Waals surface area contributed by atoms with Crippen LogP contribution in [-0.4, -0.2) is 18.3 Å². The van der Waals surface area contributed by atoms with Crippen molar-refractivity contribution in [1.29, 1.82) is 0 Å². The van der Waals surface area contributed by atoms with Gasteiger partial charge in [0.05, 0.1) is 12.5 Å². The summed E-state index contributed by atoms with van der Waals surface area (Å²) < 4.78 is 11.2. The maximum atomic E-state index is 11.2. The van der Waals surface area contributed by atoms with E-state index < -0.39 is 5.38 Å². The molecule has 22 heavy (non-hydrogen) atoms. The van der Waals surface area contributed by atoms with E-state index in [0.29, 0.717) is 24.5 Å². The van der Waals surface area contributed by atoms with Crippen molar-refractivity contribution in [3.05, 3.63) is 59.7 Å². The second kappa shape index (κ2) is 7.85. The third-order valence-electron chi connectivity index (χ3n) is 3.32. The molecule has 0 aromatic heterocycles. The largest absolute Gasteiger partial charge is 0.493 e. The summed E-state index contributed by atoms with van der Waals surface area (Å²) >= 11 is 6.01. The minimum Gasteiger partial charge on any atom is -0.493 e. The average Bonchev–Trinajstić information content (AvgIpc) is 2.54. The number of hydrogen-bond donors (Lipinski definition) is 0. The summed E-state index contributed by atoms with van der Waals surface area (Å²) in [6.45, 7) is 1.97. The van der Waals surface area contributed by atoms with E-state index in [9.17, 15) is 4.79 Å². The summed E-state index contributed by atoms with van der Waals surface area (Å²) in [5.41, 5.74) is 2.03. The van der Waals surface area contributed by atoms with E-state index in [2.05, 4.69) is 0 Å². The van der Waals surface area contributed by atoms with E-state index in [1.54, 1.807) is 7.11 Å². The van der Waals surface area contributed by atoms with Crippen LogP contribution in [-0.2, 0) is 17.8 Å². The van der Waals surface area contributed by atoms with Gasteiger partial charge in [-0.25, -0.2) is 0 Å². The van der Waals surface area contributed by atoms with Crippen LogP contribution in [0.3, 0.4) is 0 Å². The summed E-state index contributed by atoms with van der Waals surface area (Å²) in [4.78, 5) is 11.2. The fraction of sp³-hybridized carbons (Fsp3) is 0.278. The minimum absolute atomic E-state index is 0.0370. The van der Waals surface area contributed by atoms with Gasteiger partial charge in [-0.3, -0.25) is 4.79 Å². The highest BCUT2D eigenvalue weighted by molar-refractivity contribution is 6.30. The number of carbonyl (C=O) groups is 1. The van der Waals surface area contributed by atoms with Crippen molar-refractivity contribution in [3.63, 3.8) is 0 Å². The van der Waals surface area contributed by atoms with Crippen molar-refractivity contribution in [2.24, 2.45) is 0 Å². The molecule has 0 aliphatic carbocycles. The maximum absolute atomic E-state index is 11.2. The molecule has 0 spiro atoms. The van der Waals surface area contributed by atoms with Crippen LogP contribution in [0.1, 0.15) is 18.1 Å². The quantitative estimate of drug-likeness (QED) is 0.723. The number of ether oxygens (including phenoxy) is 2. The molecule has 2 rings (SSSR count). The normalized spacial score (nSPS) is 11.8. The number of hydrogen-bond acceptors (Lipinski definition) is 3. The van der Waals surface area contributed by atoms with Crippen LogP contribution in [0.5, 0.6) is 11.5 Å². The Labute approximate surface area is 135 Å². The molecule has 1 atom stereocenters. The van der Waals surface area contributed by atoms with Gasteiger partial charge in [-0.1, -0.05) is 36.4 Å². The number of carbonyl (C=O) groups excluding carboxylic acids is 1. The van der Waals surface area contributed by atoms with Crippen LogP contribution in [0, 0.1) is 0 Å². The average molecular weight is 319 g/mol. The fourth-order valence-corrected chi connectivity index (χ4v) is 2.22. The predicted octanol–water partition coefficient (Wildman–Crippen LogP) is 4.01. The van der Waals surface area contributed by atoms with Gasteiger partial charge < -0.3 is 9.47 Å². The van der Waals surface area contributed by atoms with Crippen LogP contribution >= 0.6 is 11.6 Å². The molecule has 0 fully saturated rings. The zero-order chi connectivity index (χ0) is 15.9. The Balaban J connectivity index is 2.07. The lowest BCUT2D eigenvalue weighted by molar-refractivity contribution is -0.116. The highest BCUT2D eigenvalue weighted by Gasteiger charge is 2.13. The van der Waals surface area contributed by atoms with Crippen LogP contribution < -0.4 is 9.47 Å². The summed E-state index contributed by atoms with van der Waals surface area (Å²) in [5.74, 6) is 1.27. The molecule has 0 radical (unpaired) electrons. The summed E-state index contributed by atoms with van der Waals surface area (Å²) in [6, 6.07) is 15.5. The number of rotatable bonds is 7. The van der Waals surface area contributed by atoms with Crippen molar-refractivity contribution < 1.29 is 14.3 Å². The van der Waals surface area contributed by atoms with Gasteiger partial charge in [-0.05, 0) is 36.6 Å². The smallest absolute Gasteiger partial charge is 0.161 e. The zero-order valence-corrected chi connectivity index (χ0v) is 13.5. The van der Waals surface area contributed by atoms with Crippen LogP contribution in [0.25, 0.3) is 0 Å². The Hall–Kier alpha value is -2.00. The molecule has 2 aromatic rings. The Morgan fingerprint density at radius 3 is 2.45 bits per heavy atom. The molecule has 2 aromatic carbocycles. The second-order valence-corrected chi connectivity index (χ2v) is 5.57. The topological polar surface area (TPSA) is 35.5 Å². The molecule has 3 nitrogen and oxygen atoms in total. The molecule has 0 saturated heterocycles. The fourth-order valence-electron chi connectivity index (χ4n) is 2.04. The summed E-state index contributed by atoms with van der Waals surface area (Å²) in [5, 5.41) is -0.513. The Morgan fingerprint density at radius 1 is 1.09 bits per heavy atom. The third kappa shape index (κ3) is 4.50. The van der Waals surface area contributed by atoms with Gasteiger partial charge in [0.2, 0.25) is 0 Å². The number of Topliss-reactive ketones (excluding diaryl/α,β-unsaturated/α-hetero) is 1. The first kappa shape index (κ1) is 16.4. The van der Waals surface area contributed by atoms with Crippen molar-refractivity contribution in [3.8, 4) is 11.5 Å². The maximum Gasteiger partial charge on any atom is 0.161 e. The van der Waals surface area contributed by atoms with E-state index in [1.807, 2.05) is 48.5 Å². The first-order chi connectivity index (χ1) is 10.6. The lowest BCUT2D eigenvalue weighted by atomic mass is 10.1. The van der Waals surface area contributed by atoms with Crippen molar-refractivity contribution >= 4 is 17.4 Å². The Kier molecular flexibility index (Phi) is 5.84. The first-order valence-corrected chi connectivity index (χ1v) is 7.52. The third-order valence-corrected chi connectivity index (χ3v) is 3.78. The molecular weight excluding hydrogens is 300 g/mol. The minimum atomic E-state index is -0.513. The van der Waals surface area contributed by atoms with Crippen molar-refractivity contribution in [2.75, 3.05) is 7.11 Å². The highest BCUT2D eigenvalue weighted by atomic mass is 35.5. The van der Waals surface area contributed by atoms with Crippen molar-refractivity contribution in [1.82, 2.24) is 0 Å². The van der Waals surface area contributed by atoms with Gasteiger partial charge in [0.25, 0.3) is 0 Å². The number of alkyl halides is 1. The van der Waals surface area contributed by atoms with Crippen molar-refractivity contribution in [2.45, 2.75) is 25.3 Å². The molecule has 0 aliphatic heterocycles. The second-order valence-electron chi connectivity index (χ2n) is 5.04. The molecule has 0 N–H and O–H groups in total. The Bertz CT molecular complexity index is 625. The summed E-state index contributed by atoms with van der Waals surface area (Å²) in [7, 11) is 1.59. The van der Waals surface area contributed by atoms with E-state index in [4.69, 9.17) is 21.1 Å². The molecular formula is C18H19ClO3. The molecule has 0 aliphatic rings. The SMILES string of the molecule is COc1cc(CC(Cl)C(C)=O)ccc1OCc1ccccc1. The van der Waals surface area contributed by atoms with Gasteiger partial charge in [-0.15, -0.1) is 11.6 Å². The molecule has 0 saturated carbocycles. The predicted molar refractivity (Wildman–Crippen MR) is 87.8 cm³/mol. The Morgan fingerprint density at radius 2 is 1.82 bits per heavy atom. The molecule has 0 bridgehead atoms. The zero-order valence-electron chi connectivity index (χ0n) is 12.7. The van der Waals surface area contributed by atoms with E-state index in [-0.39, 0.29) is 5.78 Å². The monoisotopic (exact) mass is 318 g/mol. The summed E-state index contributed by atoms with van der Waals surface area (Å²) in [6.07, 6.45) is 0.478. The molecule has 0 heterocycles. The molecule has 0 amide bonds. The van der Waals surface area contributed by atoms with E-state index in [0.717, 1.165) is 11.1 Å². The van der Waals surface area contributed by atoms with Gasteiger partial charge >= 0.3 is 0 Å². The van der Waals surface area contributed by atoms with Gasteiger partial charge in [0.1, 0.15) is 12.4 Å². The first-order valence-electron chi connectivity index (χ1n) is 7.08. The molecule has 116 valence electrons. The lowest BCUT2D eigenvalue weighted by Crippen LogP contribution is -2.13. The van der Waals surface area contributed by atoms with Crippen LogP contribution in [0.15, 0.2) is 48.5 Å². The standard InChI is InChI=1S/C18H19ClO3/c1-13(20)16(19)10-15-8-9-17(18(11-15)21-2)22-12-14-6-4-3-5-7-14/h3-9,11,16H,10,12H2,1-2H3. The molecule has 4 heteroatoms. The number of benzene rings is 2. The number of ketones is 1. The van der Waals surface area contributed by atoms with Crippen LogP contribution in [0.2, 0.25) is 0 Å². The molecule has 1 unspecified atom stereocenters. The van der Waals surface area contributed by atoms with Gasteiger partial charge in [-0.2, -0.15) is 0 Å². The van der Waals surface area contributed by atoms with Gasteiger partial charge in [0.15, 0.2) is 11.5 Å². The van der Waals surface area contributed by atoms with Gasteiger partial charge in [0, 0.05) is 0 Å². The van der Waals surface area contributed by atoms with E-state index in [1.165, 1.54) is 6.92 Å². The number of halogens is 1. The number of methoxy groups -OCH3 is 1. The lowest BCUT2D eigenvalue weighted by Gasteiger charge is -2.13.